The van der Waals surface area contributed by atoms with E-state index in [4.69, 9.17) is 17.2 Å². The van der Waals surface area contributed by atoms with E-state index in [1.165, 1.54) is 12.1 Å². The van der Waals surface area contributed by atoms with E-state index in [0.717, 1.165) is 59.6 Å². The fourth-order valence-corrected chi connectivity index (χ4v) is 12.4. The highest BCUT2D eigenvalue weighted by Crippen LogP contribution is 2.26. The topological polar surface area (TPSA) is 335 Å². The molecule has 0 bridgehead atoms. The van der Waals surface area contributed by atoms with Crippen LogP contribution in [0.5, 0.6) is 5.75 Å². The first-order chi connectivity index (χ1) is 40.9. The van der Waals surface area contributed by atoms with Crippen molar-refractivity contribution in [3.8, 4) is 5.75 Å². The second-order valence-corrected chi connectivity index (χ2v) is 24.2. The Bertz CT molecular complexity index is 3530. The van der Waals surface area contributed by atoms with Crippen LogP contribution in [-0.4, -0.2) is 124 Å². The van der Waals surface area contributed by atoms with E-state index in [-0.39, 0.29) is 63.3 Å². The molecule has 22 heteroatoms. The van der Waals surface area contributed by atoms with E-state index in [1.807, 2.05) is 109 Å². The monoisotopic (exact) mass is 1210 g/mol. The molecular formula is C64H77N11O9S2. The van der Waals surface area contributed by atoms with Gasteiger partial charge in [0.25, 0.3) is 0 Å². The Hall–Kier alpha value is -8.44. The fraction of sp³-hybridized carbons (Fsp3) is 0.344. The summed E-state index contributed by atoms with van der Waals surface area (Å²) in [5.74, 6) is -7.08. The number of carbonyl (C=O) groups is 8. The number of H-pyrrole nitrogens is 1. The number of phenols is 1. The van der Waals surface area contributed by atoms with Crippen LogP contribution in [0.2, 0.25) is 0 Å². The third kappa shape index (κ3) is 17.8. The summed E-state index contributed by atoms with van der Waals surface area (Å²) in [4.78, 5) is 119. The van der Waals surface area contributed by atoms with Gasteiger partial charge in [0, 0.05) is 47.9 Å². The lowest BCUT2D eigenvalue weighted by atomic mass is 9.99. The van der Waals surface area contributed by atoms with Crippen LogP contribution >= 0.6 is 21.6 Å². The van der Waals surface area contributed by atoms with Gasteiger partial charge in [-0.2, -0.15) is 0 Å². The first-order valence-corrected chi connectivity index (χ1v) is 30.8. The zero-order chi connectivity index (χ0) is 60.6. The molecule has 8 unspecified atom stereocenters. The van der Waals surface area contributed by atoms with Crippen LogP contribution in [0.25, 0.3) is 32.4 Å². The van der Waals surface area contributed by atoms with Gasteiger partial charge in [-0.05, 0) is 100 Å². The molecule has 1 fully saturated rings. The van der Waals surface area contributed by atoms with E-state index in [1.54, 1.807) is 32.2 Å². The van der Waals surface area contributed by atoms with Crippen molar-refractivity contribution < 1.29 is 43.5 Å². The van der Waals surface area contributed by atoms with Crippen LogP contribution < -0.4 is 54.4 Å². The van der Waals surface area contributed by atoms with E-state index < -0.39 is 102 Å². The Morgan fingerprint density at radius 3 is 1.83 bits per heavy atom. The molecule has 0 spiro atoms. The number of fused-ring (bicyclic) bond motifs is 3. The van der Waals surface area contributed by atoms with E-state index in [0.29, 0.717) is 29.5 Å². The number of aromatic hydroxyl groups is 1. The summed E-state index contributed by atoms with van der Waals surface area (Å²) < 4.78 is 0. The molecule has 8 atom stereocenters. The predicted molar refractivity (Wildman–Crippen MR) is 339 cm³/mol. The second kappa shape index (κ2) is 31.1. The van der Waals surface area contributed by atoms with Gasteiger partial charge < -0.3 is 64.5 Å². The normalized spacial score (nSPS) is 20.1. The first-order valence-electron chi connectivity index (χ1n) is 28.3. The lowest BCUT2D eigenvalue weighted by Crippen LogP contribution is -2.61. The Morgan fingerprint density at radius 2 is 1.19 bits per heavy atom. The number of carbonyl (C=O) groups excluding carboxylic acids is 8. The minimum Gasteiger partial charge on any atom is -0.508 e. The first kappa shape index (κ1) is 65.1. The van der Waals surface area contributed by atoms with Crippen molar-refractivity contribution in [1.29, 1.82) is 0 Å². The smallest absolute Gasteiger partial charge is 0.244 e. The average Bonchev–Trinajstić information content (AvgIpc) is 4.11. The van der Waals surface area contributed by atoms with Crippen LogP contribution in [0.3, 0.4) is 0 Å². The van der Waals surface area contributed by atoms with Gasteiger partial charge in [0.15, 0.2) is 0 Å². The molecule has 454 valence electrons. The molecule has 6 aromatic carbocycles. The van der Waals surface area contributed by atoms with Crippen molar-refractivity contribution in [2.24, 2.45) is 23.1 Å². The number of nitrogens with two attached hydrogens (primary N) is 3. The summed E-state index contributed by atoms with van der Waals surface area (Å²) in [6.45, 7) is 3.69. The number of aromatic nitrogens is 1. The lowest BCUT2D eigenvalue weighted by molar-refractivity contribution is -0.136. The molecule has 15 N–H and O–H groups in total. The van der Waals surface area contributed by atoms with E-state index >= 15 is 0 Å². The molecule has 1 aliphatic rings. The largest absolute Gasteiger partial charge is 0.508 e. The molecule has 2 heterocycles. The predicted octanol–water partition coefficient (Wildman–Crippen LogP) is 4.47. The molecule has 0 radical (unpaired) electrons. The lowest BCUT2D eigenvalue weighted by Gasteiger charge is -2.29. The van der Waals surface area contributed by atoms with E-state index in [2.05, 4.69) is 42.2 Å². The molecule has 7 aromatic rings. The zero-order valence-corrected chi connectivity index (χ0v) is 48.9. The van der Waals surface area contributed by atoms with Gasteiger partial charge in [0.05, 0.1) is 6.04 Å². The van der Waals surface area contributed by atoms with Crippen LogP contribution in [0.1, 0.15) is 62.8 Å². The molecule has 20 nitrogen and oxygen atoms in total. The molecule has 1 saturated heterocycles. The number of primary amides is 1. The van der Waals surface area contributed by atoms with Gasteiger partial charge in [-0.1, -0.05) is 158 Å². The van der Waals surface area contributed by atoms with Crippen molar-refractivity contribution in [2.45, 2.75) is 115 Å². The maximum absolute atomic E-state index is 15.0. The molecule has 86 heavy (non-hydrogen) atoms. The SMILES string of the molecule is C.CC(C)C1NC(=O)C(CCCCN)NC(=O)C(Cc2c[nH]c3ccccc23)NC(=O)C(Cc2ccc(O)cc2)NC(=O)C(NC(=O)C(N)Cc2ccc3ccccc3c2)CSSCC(C(=O)NC(Cc2ccc3ccccc3c2)C(N)=O)NC1=O. The Balaban J connectivity index is 0.0000106. The minimum atomic E-state index is -1.41. The summed E-state index contributed by atoms with van der Waals surface area (Å²) in [6, 6.07) is 29.7. The van der Waals surface area contributed by atoms with Gasteiger partial charge in [-0.3, -0.25) is 38.4 Å². The summed E-state index contributed by atoms with van der Waals surface area (Å²) >= 11 is 0. The third-order valence-electron chi connectivity index (χ3n) is 14.9. The maximum atomic E-state index is 15.0. The van der Waals surface area contributed by atoms with Crippen molar-refractivity contribution in [3.63, 3.8) is 0 Å². The fourth-order valence-electron chi connectivity index (χ4n) is 10.1. The number of aromatic amines is 1. The molecule has 8 amide bonds. The second-order valence-electron chi connectivity index (χ2n) is 21.7. The molecule has 1 aromatic heterocycles. The summed E-state index contributed by atoms with van der Waals surface area (Å²) in [5.41, 5.74) is 21.8. The van der Waals surface area contributed by atoms with Crippen LogP contribution in [-0.2, 0) is 64.0 Å². The Kier molecular flexibility index (Phi) is 23.5. The highest BCUT2D eigenvalue weighted by Gasteiger charge is 2.36. The number of phenolic OH excluding ortho intramolecular Hbond substituents is 1. The van der Waals surface area contributed by atoms with Gasteiger partial charge in [-0.15, -0.1) is 0 Å². The maximum Gasteiger partial charge on any atom is 0.244 e. The number of benzene rings is 6. The van der Waals surface area contributed by atoms with E-state index in [9.17, 15) is 43.5 Å². The highest BCUT2D eigenvalue weighted by molar-refractivity contribution is 8.76. The number of hydrogen-bond acceptors (Lipinski definition) is 13. The van der Waals surface area contributed by atoms with Crippen LogP contribution in [0.4, 0.5) is 0 Å². The number of unbranched alkanes of at least 4 members (excludes halogenated alkanes) is 1. The van der Waals surface area contributed by atoms with Gasteiger partial charge >= 0.3 is 0 Å². The number of hydrogen-bond donors (Lipinski definition) is 12. The van der Waals surface area contributed by atoms with Crippen LogP contribution in [0.15, 0.2) is 140 Å². The Morgan fingerprint density at radius 1 is 0.628 bits per heavy atom. The zero-order valence-electron chi connectivity index (χ0n) is 47.3. The van der Waals surface area contributed by atoms with Gasteiger partial charge in [0.1, 0.15) is 48.0 Å². The molecular weight excluding hydrogens is 1130 g/mol. The number of amides is 8. The van der Waals surface area contributed by atoms with Crippen LogP contribution in [0, 0.1) is 5.92 Å². The number of nitrogens with one attached hydrogen (secondary N) is 8. The summed E-state index contributed by atoms with van der Waals surface area (Å²) in [7, 11) is 2.14. The quantitative estimate of drug-likeness (QED) is 0.0417. The summed E-state index contributed by atoms with van der Waals surface area (Å²) in [6.07, 6.45) is 2.56. The highest BCUT2D eigenvalue weighted by atomic mass is 33.1. The molecule has 1 aliphatic heterocycles. The number of rotatable bonds is 18. The summed E-state index contributed by atoms with van der Waals surface area (Å²) in [5, 5.41) is 34.5. The number of para-hydroxylation sites is 1. The van der Waals surface area contributed by atoms with Crippen molar-refractivity contribution in [3.05, 3.63) is 162 Å². The van der Waals surface area contributed by atoms with Crippen molar-refractivity contribution >= 4 is 101 Å². The van der Waals surface area contributed by atoms with Gasteiger partial charge in [0.2, 0.25) is 47.3 Å². The molecule has 8 rings (SSSR count). The molecule has 0 saturated carbocycles. The van der Waals surface area contributed by atoms with Gasteiger partial charge in [-0.25, -0.2) is 0 Å². The molecule has 0 aliphatic carbocycles. The third-order valence-corrected chi connectivity index (χ3v) is 17.3. The van der Waals surface area contributed by atoms with Crippen molar-refractivity contribution in [2.75, 3.05) is 18.1 Å². The van der Waals surface area contributed by atoms with Crippen molar-refractivity contribution in [1.82, 2.24) is 42.2 Å². The average molecular weight is 1210 g/mol. The minimum absolute atomic E-state index is 0. The Labute approximate surface area is 507 Å². The standard InChI is InChI=1S/C63H73N11O9S2.CH4/c1-36(2)55-63(83)73-54(61(81)69-50(56(66)76)31-39-19-23-41-12-4-6-14-43(41)28-39)35-85-84-34-53(72-57(77)47(65)29-38-18-22-40-11-3-5-13-42(40)27-38)62(82)70-51(30-37-20-24-45(75)25-21-37)59(79)71-52(32-44-33-67-48-16-8-7-15-46(44)48)60(80)68-49(58(78)74-55)17-9-10-26-64;/h3-8,11-16,18-25,27-28,33,36,47,49-55,67,75H,9-10,17,26,29-32,34-35,64-65H2,1-2H3,(H2,66,76)(H,68,80)(H,69,81)(H,70,82)(H,71,79)(H,72,77)(H,73,83)(H,74,78);1H4.